The highest BCUT2D eigenvalue weighted by Gasteiger charge is 2.22. The average Bonchev–Trinajstić information content (AvgIpc) is 2.64. The number of piperidine rings is 1. The molecule has 2 aromatic rings. The van der Waals surface area contributed by atoms with Gasteiger partial charge in [0.1, 0.15) is 0 Å². The van der Waals surface area contributed by atoms with E-state index in [9.17, 15) is 9.59 Å². The van der Waals surface area contributed by atoms with Gasteiger partial charge in [-0.15, -0.1) is 0 Å². The average molecular weight is 352 g/mol. The molecule has 0 unspecified atom stereocenters. The van der Waals surface area contributed by atoms with Crippen molar-refractivity contribution in [3.63, 3.8) is 0 Å². The first-order valence-electron chi connectivity index (χ1n) is 8.84. The number of hydrogen-bond acceptors (Lipinski definition) is 4. The number of anilines is 2. The number of para-hydroxylation sites is 2. The van der Waals surface area contributed by atoms with Crippen molar-refractivity contribution >= 4 is 23.2 Å². The van der Waals surface area contributed by atoms with Crippen molar-refractivity contribution < 1.29 is 9.59 Å². The Labute approximate surface area is 153 Å². The van der Waals surface area contributed by atoms with Gasteiger partial charge < -0.3 is 16.4 Å². The molecular formula is C20H24N4O2. The van der Waals surface area contributed by atoms with E-state index in [1.165, 1.54) is 0 Å². The zero-order chi connectivity index (χ0) is 18.4. The van der Waals surface area contributed by atoms with E-state index in [0.717, 1.165) is 37.3 Å². The Morgan fingerprint density at radius 2 is 1.65 bits per heavy atom. The number of hydrogen-bond donors (Lipinski definition) is 3. The molecule has 1 saturated heterocycles. The summed E-state index contributed by atoms with van der Waals surface area (Å²) in [5.41, 5.74) is 7.58. The van der Waals surface area contributed by atoms with Gasteiger partial charge in [-0.25, -0.2) is 0 Å². The van der Waals surface area contributed by atoms with Gasteiger partial charge in [0.15, 0.2) is 0 Å². The molecule has 0 bridgehead atoms. The summed E-state index contributed by atoms with van der Waals surface area (Å²) in [6, 6.07) is 17.4. The van der Waals surface area contributed by atoms with Gasteiger partial charge in [0.05, 0.1) is 17.8 Å². The predicted octanol–water partition coefficient (Wildman–Crippen LogP) is 2.11. The molecule has 4 N–H and O–H groups in total. The monoisotopic (exact) mass is 352 g/mol. The van der Waals surface area contributed by atoms with Crippen LogP contribution in [0.25, 0.3) is 0 Å². The largest absolute Gasteiger partial charge is 0.369 e. The molecule has 0 aromatic heterocycles. The van der Waals surface area contributed by atoms with E-state index in [1.807, 2.05) is 59.5 Å². The minimum absolute atomic E-state index is 0.0858. The molecule has 2 amide bonds. The molecule has 0 aliphatic carbocycles. The van der Waals surface area contributed by atoms with Crippen LogP contribution in [-0.4, -0.2) is 42.4 Å². The highest BCUT2D eigenvalue weighted by Crippen LogP contribution is 2.21. The van der Waals surface area contributed by atoms with Gasteiger partial charge in [-0.3, -0.25) is 14.5 Å². The lowest BCUT2D eigenvalue weighted by Gasteiger charge is -2.31. The van der Waals surface area contributed by atoms with E-state index in [4.69, 9.17) is 5.73 Å². The molecule has 6 nitrogen and oxygen atoms in total. The lowest BCUT2D eigenvalue weighted by Crippen LogP contribution is -2.46. The summed E-state index contributed by atoms with van der Waals surface area (Å²) in [7, 11) is 0. The van der Waals surface area contributed by atoms with Crippen LogP contribution < -0.4 is 16.4 Å². The number of primary amides is 1. The normalized spacial score (nSPS) is 15.4. The van der Waals surface area contributed by atoms with Gasteiger partial charge in [-0.2, -0.15) is 0 Å². The molecule has 26 heavy (non-hydrogen) atoms. The Kier molecular flexibility index (Phi) is 5.86. The molecule has 6 heteroatoms. The fourth-order valence-electron chi connectivity index (χ4n) is 3.19. The van der Waals surface area contributed by atoms with Crippen LogP contribution in [0.4, 0.5) is 11.4 Å². The number of nitrogens with zero attached hydrogens (tertiary/aromatic N) is 1. The van der Waals surface area contributed by atoms with Crippen LogP contribution in [0.15, 0.2) is 54.6 Å². The summed E-state index contributed by atoms with van der Waals surface area (Å²) in [5.74, 6) is -0.397. The van der Waals surface area contributed by atoms with Crippen LogP contribution in [0.5, 0.6) is 0 Å². The minimum atomic E-state index is -0.312. The standard InChI is InChI=1S/C20H24N4O2/c21-19(25)14-24-12-10-16(11-13-24)23-20(26)17-8-4-5-9-18(17)22-15-6-2-1-3-7-15/h1-9,16,22H,10-14H2,(H2,21,25)(H,23,26). The van der Waals surface area contributed by atoms with Crippen LogP contribution in [-0.2, 0) is 4.79 Å². The summed E-state index contributed by atoms with van der Waals surface area (Å²) < 4.78 is 0. The first-order valence-corrected chi connectivity index (χ1v) is 8.84. The van der Waals surface area contributed by atoms with Crippen molar-refractivity contribution in [2.75, 3.05) is 25.0 Å². The Morgan fingerprint density at radius 3 is 2.35 bits per heavy atom. The second kappa shape index (κ2) is 8.49. The van der Waals surface area contributed by atoms with E-state index < -0.39 is 0 Å². The van der Waals surface area contributed by atoms with Crippen molar-refractivity contribution in [3.8, 4) is 0 Å². The highest BCUT2D eigenvalue weighted by molar-refractivity contribution is 6.00. The van der Waals surface area contributed by atoms with Crippen LogP contribution in [0.1, 0.15) is 23.2 Å². The van der Waals surface area contributed by atoms with Gasteiger partial charge in [0.2, 0.25) is 5.91 Å². The van der Waals surface area contributed by atoms with Gasteiger partial charge in [-0.1, -0.05) is 30.3 Å². The summed E-state index contributed by atoms with van der Waals surface area (Å²) in [6.45, 7) is 1.81. The number of rotatable bonds is 6. The Hall–Kier alpha value is -2.86. The van der Waals surface area contributed by atoms with Crippen molar-refractivity contribution in [2.24, 2.45) is 5.73 Å². The van der Waals surface area contributed by atoms with Crippen LogP contribution in [0.3, 0.4) is 0 Å². The number of likely N-dealkylation sites (tertiary alicyclic amines) is 1. The maximum atomic E-state index is 12.7. The third kappa shape index (κ3) is 4.83. The summed E-state index contributed by atoms with van der Waals surface area (Å²) in [4.78, 5) is 25.8. The van der Waals surface area contributed by atoms with Gasteiger partial charge in [-0.05, 0) is 37.1 Å². The smallest absolute Gasteiger partial charge is 0.253 e. The third-order valence-corrected chi connectivity index (χ3v) is 4.53. The number of carbonyl (C=O) groups excluding carboxylic acids is 2. The van der Waals surface area contributed by atoms with Gasteiger partial charge in [0.25, 0.3) is 5.91 Å². The molecule has 0 saturated carbocycles. The molecule has 136 valence electrons. The van der Waals surface area contributed by atoms with Gasteiger partial charge >= 0.3 is 0 Å². The van der Waals surface area contributed by atoms with Gasteiger partial charge in [0, 0.05) is 24.8 Å². The second-order valence-electron chi connectivity index (χ2n) is 6.53. The maximum Gasteiger partial charge on any atom is 0.253 e. The van der Waals surface area contributed by atoms with Crippen molar-refractivity contribution in [2.45, 2.75) is 18.9 Å². The zero-order valence-electron chi connectivity index (χ0n) is 14.7. The second-order valence-corrected chi connectivity index (χ2v) is 6.53. The number of nitrogens with two attached hydrogens (primary N) is 1. The quantitative estimate of drug-likeness (QED) is 0.743. The zero-order valence-corrected chi connectivity index (χ0v) is 14.7. The van der Waals surface area contributed by atoms with Crippen molar-refractivity contribution in [1.82, 2.24) is 10.2 Å². The van der Waals surface area contributed by atoms with Crippen molar-refractivity contribution in [3.05, 3.63) is 60.2 Å². The van der Waals surface area contributed by atoms with E-state index >= 15 is 0 Å². The fourth-order valence-corrected chi connectivity index (χ4v) is 3.19. The summed E-state index contributed by atoms with van der Waals surface area (Å²) in [6.07, 6.45) is 1.63. The molecule has 3 rings (SSSR count). The Bertz CT molecular complexity index is 755. The van der Waals surface area contributed by atoms with Crippen LogP contribution >= 0.6 is 0 Å². The van der Waals surface area contributed by atoms with E-state index in [1.54, 1.807) is 0 Å². The fraction of sp³-hybridized carbons (Fsp3) is 0.300. The van der Waals surface area contributed by atoms with Crippen molar-refractivity contribution in [1.29, 1.82) is 0 Å². The number of nitrogens with one attached hydrogen (secondary N) is 2. The predicted molar refractivity (Wildman–Crippen MR) is 102 cm³/mol. The molecular weight excluding hydrogens is 328 g/mol. The molecule has 2 aromatic carbocycles. The molecule has 0 spiro atoms. The van der Waals surface area contributed by atoms with E-state index in [-0.39, 0.29) is 24.4 Å². The molecule has 0 radical (unpaired) electrons. The first kappa shape index (κ1) is 17.9. The SMILES string of the molecule is NC(=O)CN1CCC(NC(=O)c2ccccc2Nc2ccccc2)CC1. The maximum absolute atomic E-state index is 12.7. The Morgan fingerprint density at radius 1 is 1.00 bits per heavy atom. The van der Waals surface area contributed by atoms with E-state index in [0.29, 0.717) is 5.56 Å². The van der Waals surface area contributed by atoms with E-state index in [2.05, 4.69) is 10.6 Å². The lowest BCUT2D eigenvalue weighted by molar-refractivity contribution is -0.119. The summed E-state index contributed by atoms with van der Waals surface area (Å²) >= 11 is 0. The number of benzene rings is 2. The third-order valence-electron chi connectivity index (χ3n) is 4.53. The van der Waals surface area contributed by atoms with Crippen LogP contribution in [0, 0.1) is 0 Å². The molecule has 1 aliphatic rings. The topological polar surface area (TPSA) is 87.5 Å². The lowest BCUT2D eigenvalue weighted by atomic mass is 10.0. The first-order chi connectivity index (χ1) is 12.6. The highest BCUT2D eigenvalue weighted by atomic mass is 16.2. The molecule has 1 aliphatic heterocycles. The Balaban J connectivity index is 1.61. The number of amides is 2. The van der Waals surface area contributed by atoms with Crippen LogP contribution in [0.2, 0.25) is 0 Å². The summed E-state index contributed by atoms with van der Waals surface area (Å²) in [5, 5.41) is 6.41. The molecule has 0 atom stereocenters. The minimum Gasteiger partial charge on any atom is -0.369 e. The molecule has 1 fully saturated rings. The number of carbonyl (C=O) groups is 2. The molecule has 1 heterocycles.